The Morgan fingerprint density at radius 1 is 0.842 bits per heavy atom. The Bertz CT molecular complexity index is 1420. The first-order valence-corrected chi connectivity index (χ1v) is 13.2. The fourth-order valence-corrected chi connectivity index (χ4v) is 6.80. The van der Waals surface area contributed by atoms with Gasteiger partial charge in [0.05, 0.1) is 23.1 Å². The maximum atomic E-state index is 13.5. The highest BCUT2D eigenvalue weighted by atomic mass is 35.5. The van der Waals surface area contributed by atoms with Crippen molar-refractivity contribution >= 4 is 40.9 Å². The predicted octanol–water partition coefficient (Wildman–Crippen LogP) is 5.70. The fourth-order valence-electron chi connectivity index (χ4n) is 6.67. The zero-order valence-corrected chi connectivity index (χ0v) is 21.5. The minimum Gasteiger partial charge on any atom is -0.451 e. The molecule has 38 heavy (non-hydrogen) atoms. The number of Topliss-reactive ketones (excluding diaryl/α,β-unsaturated/α-hetero) is 1. The van der Waals surface area contributed by atoms with Gasteiger partial charge < -0.3 is 4.74 Å². The molecular weight excluding hydrogens is 502 g/mol. The monoisotopic (exact) mass is 527 g/mol. The number of halogens is 1. The number of anilines is 1. The molecule has 0 radical (unpaired) electrons. The number of fused-ring (bicyclic) bond motifs is 5. The van der Waals surface area contributed by atoms with Crippen molar-refractivity contribution < 1.29 is 23.9 Å². The number of amides is 2. The van der Waals surface area contributed by atoms with E-state index in [2.05, 4.69) is 12.1 Å². The molecule has 7 heteroatoms. The van der Waals surface area contributed by atoms with Gasteiger partial charge in [-0.3, -0.25) is 19.3 Å². The molecule has 6 rings (SSSR count). The number of nitrogens with zero attached hydrogens (tertiary/aromatic N) is 1. The third-order valence-electron chi connectivity index (χ3n) is 8.39. The second-order valence-electron chi connectivity index (χ2n) is 10.4. The summed E-state index contributed by atoms with van der Waals surface area (Å²) in [7, 11) is 0. The van der Waals surface area contributed by atoms with Crippen molar-refractivity contribution in [3.8, 4) is 0 Å². The van der Waals surface area contributed by atoms with Gasteiger partial charge in [0.1, 0.15) is 0 Å². The molecule has 2 saturated carbocycles. The van der Waals surface area contributed by atoms with Crippen LogP contribution >= 0.6 is 11.6 Å². The molecule has 1 aliphatic heterocycles. The number of ether oxygens (including phenoxy) is 1. The van der Waals surface area contributed by atoms with Crippen LogP contribution in [0.15, 0.2) is 78.9 Å². The van der Waals surface area contributed by atoms with Gasteiger partial charge in [0.2, 0.25) is 17.6 Å². The minimum absolute atomic E-state index is 0.142. The lowest BCUT2D eigenvalue weighted by molar-refractivity contribution is -0.123. The van der Waals surface area contributed by atoms with Crippen molar-refractivity contribution in [2.75, 3.05) is 4.90 Å². The van der Waals surface area contributed by atoms with Gasteiger partial charge in [-0.1, -0.05) is 41.9 Å². The maximum Gasteiger partial charge on any atom is 0.338 e. The molecule has 6 atom stereocenters. The lowest BCUT2D eigenvalue weighted by Gasteiger charge is -2.28. The average molecular weight is 528 g/mol. The maximum absolute atomic E-state index is 13.5. The van der Waals surface area contributed by atoms with Gasteiger partial charge in [-0.2, -0.15) is 0 Å². The number of imide groups is 1. The molecular formula is C31H26ClNO5. The van der Waals surface area contributed by atoms with Crippen molar-refractivity contribution in [3.05, 3.63) is 101 Å². The summed E-state index contributed by atoms with van der Waals surface area (Å²) in [6, 6.07) is 22.8. The van der Waals surface area contributed by atoms with E-state index in [1.807, 2.05) is 18.2 Å². The highest BCUT2D eigenvalue weighted by Crippen LogP contribution is 2.61. The van der Waals surface area contributed by atoms with Crippen LogP contribution in [0.4, 0.5) is 5.69 Å². The standard InChI is InChI=1S/C31H26ClNO5/c1-17(28(34)19-7-11-22(32)12-8-19)38-31(37)20-9-13-23(14-10-20)33-29(35)26-21-15-24(18-5-3-2-4-6-18)25(16-21)27(26)30(33)36/h2-14,17,21,24-27H,15-16H2,1H3. The van der Waals surface area contributed by atoms with Crippen LogP contribution in [0.2, 0.25) is 5.02 Å². The number of ketones is 1. The van der Waals surface area contributed by atoms with Crippen LogP contribution in [0.5, 0.6) is 0 Å². The Kier molecular flexibility index (Phi) is 6.15. The average Bonchev–Trinajstić information content (AvgIpc) is 3.60. The molecule has 0 aromatic heterocycles. The summed E-state index contributed by atoms with van der Waals surface area (Å²) in [6.45, 7) is 1.51. The summed E-state index contributed by atoms with van der Waals surface area (Å²) in [6.07, 6.45) is 0.857. The van der Waals surface area contributed by atoms with E-state index in [0.717, 1.165) is 12.8 Å². The van der Waals surface area contributed by atoms with Gasteiger partial charge in [-0.25, -0.2) is 4.79 Å². The van der Waals surface area contributed by atoms with Gasteiger partial charge in [0.25, 0.3) is 0 Å². The van der Waals surface area contributed by atoms with Gasteiger partial charge >= 0.3 is 5.97 Å². The number of benzene rings is 3. The van der Waals surface area contributed by atoms with Crippen LogP contribution in [-0.4, -0.2) is 29.7 Å². The molecule has 2 aliphatic carbocycles. The summed E-state index contributed by atoms with van der Waals surface area (Å²) in [5.41, 5.74) is 2.31. The molecule has 6 nitrogen and oxygen atoms in total. The topological polar surface area (TPSA) is 80.8 Å². The summed E-state index contributed by atoms with van der Waals surface area (Å²) in [4.78, 5) is 53.5. The van der Waals surface area contributed by atoms with E-state index in [4.69, 9.17) is 16.3 Å². The first kappa shape index (κ1) is 24.6. The summed E-state index contributed by atoms with van der Waals surface area (Å²) < 4.78 is 5.37. The fraction of sp³-hybridized carbons (Fsp3) is 0.290. The zero-order valence-electron chi connectivity index (χ0n) is 20.8. The Labute approximate surface area is 225 Å². The second kappa shape index (κ2) is 9.52. The van der Waals surface area contributed by atoms with Crippen LogP contribution in [0.3, 0.4) is 0 Å². The lowest BCUT2D eigenvalue weighted by Crippen LogP contribution is -2.33. The minimum atomic E-state index is -0.988. The smallest absolute Gasteiger partial charge is 0.338 e. The molecule has 3 aromatic rings. The number of esters is 1. The molecule has 3 aromatic carbocycles. The molecule has 2 bridgehead atoms. The van der Waals surface area contributed by atoms with Crippen LogP contribution in [0.1, 0.15) is 52.0 Å². The van der Waals surface area contributed by atoms with Crippen LogP contribution < -0.4 is 4.90 Å². The van der Waals surface area contributed by atoms with Crippen molar-refractivity contribution in [2.45, 2.75) is 31.8 Å². The molecule has 192 valence electrons. The Morgan fingerprint density at radius 2 is 1.47 bits per heavy atom. The van der Waals surface area contributed by atoms with Crippen molar-refractivity contribution in [1.82, 2.24) is 0 Å². The first-order chi connectivity index (χ1) is 18.3. The summed E-state index contributed by atoms with van der Waals surface area (Å²) in [5, 5.41) is 0.508. The third-order valence-corrected chi connectivity index (χ3v) is 8.64. The Hall–Kier alpha value is -3.77. The van der Waals surface area contributed by atoms with Crippen LogP contribution in [0.25, 0.3) is 0 Å². The van der Waals surface area contributed by atoms with Crippen molar-refractivity contribution in [3.63, 3.8) is 0 Å². The highest BCUT2D eigenvalue weighted by Gasteiger charge is 2.64. The quantitative estimate of drug-likeness (QED) is 0.233. The molecule has 3 aliphatic rings. The van der Waals surface area contributed by atoms with Crippen molar-refractivity contribution in [2.24, 2.45) is 23.7 Å². The number of rotatable bonds is 6. The molecule has 2 amide bonds. The molecule has 6 unspecified atom stereocenters. The highest BCUT2D eigenvalue weighted by molar-refractivity contribution is 6.30. The van der Waals surface area contributed by atoms with E-state index in [0.29, 0.717) is 22.2 Å². The molecule has 1 saturated heterocycles. The SMILES string of the molecule is CC(OC(=O)c1ccc(N2C(=O)C3C4CC(c5ccccc5)C(C4)C3C2=O)cc1)C(=O)c1ccc(Cl)cc1. The second-order valence-corrected chi connectivity index (χ2v) is 10.9. The van der Waals surface area contributed by atoms with Crippen LogP contribution in [-0.2, 0) is 14.3 Å². The normalized spacial score (nSPS) is 26.4. The number of hydrogen-bond donors (Lipinski definition) is 0. The van der Waals surface area contributed by atoms with E-state index < -0.39 is 12.1 Å². The van der Waals surface area contributed by atoms with E-state index in [1.165, 1.54) is 29.5 Å². The molecule has 3 fully saturated rings. The molecule has 0 spiro atoms. The largest absolute Gasteiger partial charge is 0.451 e. The zero-order chi connectivity index (χ0) is 26.6. The number of carbonyl (C=O) groups excluding carboxylic acids is 4. The Morgan fingerprint density at radius 3 is 2.16 bits per heavy atom. The summed E-state index contributed by atoms with van der Waals surface area (Å²) >= 11 is 5.87. The van der Waals surface area contributed by atoms with Gasteiger partial charge in [0.15, 0.2) is 6.10 Å². The number of hydrogen-bond acceptors (Lipinski definition) is 5. The Balaban J connectivity index is 1.15. The van der Waals surface area contributed by atoms with Crippen LogP contribution in [0, 0.1) is 23.7 Å². The molecule has 0 N–H and O–H groups in total. The summed E-state index contributed by atoms with van der Waals surface area (Å²) in [5.74, 6) is -1.17. The molecule has 1 heterocycles. The van der Waals surface area contributed by atoms with E-state index in [-0.39, 0.29) is 46.8 Å². The van der Waals surface area contributed by atoms with Crippen molar-refractivity contribution in [1.29, 1.82) is 0 Å². The van der Waals surface area contributed by atoms with Gasteiger partial charge in [-0.05, 0) is 91.6 Å². The van der Waals surface area contributed by atoms with Gasteiger partial charge in [-0.15, -0.1) is 0 Å². The van der Waals surface area contributed by atoms with Gasteiger partial charge in [0, 0.05) is 10.6 Å². The predicted molar refractivity (Wildman–Crippen MR) is 142 cm³/mol. The van der Waals surface area contributed by atoms with E-state index in [1.54, 1.807) is 36.4 Å². The number of carbonyl (C=O) groups is 4. The van der Waals surface area contributed by atoms with E-state index in [9.17, 15) is 19.2 Å². The third kappa shape index (κ3) is 4.04. The lowest BCUT2D eigenvalue weighted by atomic mass is 9.73. The first-order valence-electron chi connectivity index (χ1n) is 12.9. The van der Waals surface area contributed by atoms with E-state index >= 15 is 0 Å².